The van der Waals surface area contributed by atoms with Gasteiger partial charge in [0.25, 0.3) is 0 Å². The van der Waals surface area contributed by atoms with Gasteiger partial charge in [-0.25, -0.2) is 4.39 Å². The molecule has 4 nitrogen and oxygen atoms in total. The van der Waals surface area contributed by atoms with E-state index in [9.17, 15) is 17.6 Å². The molecule has 0 unspecified atom stereocenters. The van der Waals surface area contributed by atoms with Crippen LogP contribution in [0.1, 0.15) is 17.5 Å². The Labute approximate surface area is 106 Å². The van der Waals surface area contributed by atoms with E-state index < -0.39 is 18.4 Å². The van der Waals surface area contributed by atoms with E-state index in [2.05, 4.69) is 10.5 Å². The van der Waals surface area contributed by atoms with E-state index in [4.69, 9.17) is 10.9 Å². The van der Waals surface area contributed by atoms with Crippen LogP contribution in [0.4, 0.5) is 17.6 Å². The lowest BCUT2D eigenvalue weighted by molar-refractivity contribution is -0.133. The first-order valence-corrected chi connectivity index (χ1v) is 5.37. The van der Waals surface area contributed by atoms with Crippen LogP contribution < -0.4 is 11.1 Å². The molecule has 0 fully saturated rings. The molecular weight excluding hydrogens is 266 g/mol. The number of rotatable bonds is 5. The number of halogens is 4. The lowest BCUT2D eigenvalue weighted by atomic mass is 10.1. The average Bonchev–Trinajstić information content (AvgIpc) is 2.33. The SMILES string of the molecule is NC(=NO)c1cc(F)ccc1CNCCC(F)(F)F. The Morgan fingerprint density at radius 2 is 2.05 bits per heavy atom. The van der Waals surface area contributed by atoms with Gasteiger partial charge in [0.05, 0.1) is 6.42 Å². The van der Waals surface area contributed by atoms with Gasteiger partial charge in [-0.2, -0.15) is 13.2 Å². The summed E-state index contributed by atoms with van der Waals surface area (Å²) >= 11 is 0. The maximum atomic E-state index is 13.0. The molecule has 0 spiro atoms. The third-order valence-corrected chi connectivity index (χ3v) is 2.36. The normalized spacial score (nSPS) is 12.7. The van der Waals surface area contributed by atoms with Crippen molar-refractivity contribution in [2.45, 2.75) is 19.1 Å². The quantitative estimate of drug-likeness (QED) is 0.193. The molecule has 8 heteroatoms. The molecule has 0 amide bonds. The van der Waals surface area contributed by atoms with Crippen LogP contribution in [0.15, 0.2) is 23.4 Å². The minimum atomic E-state index is -4.23. The predicted molar refractivity (Wildman–Crippen MR) is 61.3 cm³/mol. The standard InChI is InChI=1S/C11H13F4N3O/c12-8-2-1-7(9(5-8)10(16)18-19)6-17-4-3-11(13,14)15/h1-2,5,17,19H,3-4,6H2,(H2,16,18). The Morgan fingerprint density at radius 1 is 1.37 bits per heavy atom. The van der Waals surface area contributed by atoms with Crippen LogP contribution in [-0.2, 0) is 6.54 Å². The molecule has 0 heterocycles. The first kappa shape index (κ1) is 15.2. The summed E-state index contributed by atoms with van der Waals surface area (Å²) in [5, 5.41) is 13.9. The van der Waals surface area contributed by atoms with Crippen LogP contribution in [0.3, 0.4) is 0 Å². The first-order valence-electron chi connectivity index (χ1n) is 5.37. The monoisotopic (exact) mass is 279 g/mol. The average molecular weight is 279 g/mol. The number of nitrogens with zero attached hydrogens (tertiary/aromatic N) is 1. The van der Waals surface area contributed by atoms with Crippen molar-refractivity contribution in [3.63, 3.8) is 0 Å². The molecule has 0 bridgehead atoms. The minimum absolute atomic E-state index is 0.0575. The van der Waals surface area contributed by atoms with Gasteiger partial charge in [0.2, 0.25) is 0 Å². The number of nitrogens with one attached hydrogen (secondary N) is 1. The Hall–Kier alpha value is -1.83. The summed E-state index contributed by atoms with van der Waals surface area (Å²) < 4.78 is 48.8. The Morgan fingerprint density at radius 3 is 2.63 bits per heavy atom. The fourth-order valence-electron chi connectivity index (χ4n) is 1.45. The second-order valence-electron chi connectivity index (χ2n) is 3.83. The van der Waals surface area contributed by atoms with Gasteiger partial charge in [0.15, 0.2) is 5.84 Å². The Bertz CT molecular complexity index is 460. The molecule has 0 saturated carbocycles. The van der Waals surface area contributed by atoms with Crippen LogP contribution in [0.2, 0.25) is 0 Å². The fraction of sp³-hybridized carbons (Fsp3) is 0.364. The summed E-state index contributed by atoms with van der Waals surface area (Å²) in [6.45, 7) is -0.210. The van der Waals surface area contributed by atoms with Gasteiger partial charge in [-0.3, -0.25) is 0 Å². The largest absolute Gasteiger partial charge is 0.409 e. The number of hydrogen-bond donors (Lipinski definition) is 3. The van der Waals surface area contributed by atoms with Crippen LogP contribution in [0, 0.1) is 5.82 Å². The summed E-state index contributed by atoms with van der Waals surface area (Å²) in [5.41, 5.74) is 5.95. The number of oxime groups is 1. The van der Waals surface area contributed by atoms with Crippen molar-refractivity contribution in [1.82, 2.24) is 5.32 Å². The van der Waals surface area contributed by atoms with Crippen molar-refractivity contribution in [1.29, 1.82) is 0 Å². The van der Waals surface area contributed by atoms with Crippen molar-refractivity contribution in [3.05, 3.63) is 35.1 Å². The van der Waals surface area contributed by atoms with Gasteiger partial charge in [0.1, 0.15) is 5.82 Å². The Kier molecular flexibility index (Phi) is 5.11. The summed E-state index contributed by atoms with van der Waals surface area (Å²) in [7, 11) is 0. The van der Waals surface area contributed by atoms with Crippen LogP contribution in [0.5, 0.6) is 0 Å². The minimum Gasteiger partial charge on any atom is -0.409 e. The lowest BCUT2D eigenvalue weighted by Crippen LogP contribution is -2.23. The number of alkyl halides is 3. The molecule has 0 saturated heterocycles. The molecule has 0 aromatic heterocycles. The maximum absolute atomic E-state index is 13.0. The maximum Gasteiger partial charge on any atom is 0.390 e. The van der Waals surface area contributed by atoms with Crippen molar-refractivity contribution in [3.8, 4) is 0 Å². The number of hydrogen-bond acceptors (Lipinski definition) is 3. The summed E-state index contributed by atoms with van der Waals surface area (Å²) in [4.78, 5) is 0. The highest BCUT2D eigenvalue weighted by molar-refractivity contribution is 5.98. The smallest absolute Gasteiger partial charge is 0.390 e. The van der Waals surface area contributed by atoms with Gasteiger partial charge in [0, 0.05) is 18.7 Å². The number of benzene rings is 1. The van der Waals surface area contributed by atoms with Crippen molar-refractivity contribution >= 4 is 5.84 Å². The van der Waals surface area contributed by atoms with E-state index >= 15 is 0 Å². The second-order valence-corrected chi connectivity index (χ2v) is 3.83. The highest BCUT2D eigenvalue weighted by Crippen LogP contribution is 2.18. The summed E-state index contributed by atoms with van der Waals surface area (Å²) in [6.07, 6.45) is -5.20. The molecule has 0 radical (unpaired) electrons. The van der Waals surface area contributed by atoms with E-state index in [1.165, 1.54) is 6.07 Å². The molecule has 1 rings (SSSR count). The van der Waals surface area contributed by atoms with Gasteiger partial charge >= 0.3 is 6.18 Å². The Balaban J connectivity index is 2.68. The van der Waals surface area contributed by atoms with Crippen molar-refractivity contribution in [2.75, 3.05) is 6.54 Å². The molecule has 106 valence electrons. The third kappa shape index (κ3) is 5.12. The molecule has 0 aliphatic rings. The predicted octanol–water partition coefficient (Wildman–Crippen LogP) is 1.96. The highest BCUT2D eigenvalue weighted by Gasteiger charge is 2.25. The van der Waals surface area contributed by atoms with Crippen molar-refractivity contribution in [2.24, 2.45) is 10.9 Å². The molecule has 1 aromatic carbocycles. The van der Waals surface area contributed by atoms with Crippen LogP contribution in [0.25, 0.3) is 0 Å². The molecule has 4 N–H and O–H groups in total. The molecule has 1 aromatic rings. The number of nitrogens with two attached hydrogens (primary N) is 1. The van der Waals surface area contributed by atoms with Gasteiger partial charge in [-0.1, -0.05) is 11.2 Å². The fourth-order valence-corrected chi connectivity index (χ4v) is 1.45. The van der Waals surface area contributed by atoms with Gasteiger partial charge in [-0.05, 0) is 17.7 Å². The number of amidine groups is 1. The van der Waals surface area contributed by atoms with E-state index in [0.717, 1.165) is 12.1 Å². The van der Waals surface area contributed by atoms with Gasteiger partial charge in [-0.15, -0.1) is 0 Å². The molecule has 0 aliphatic carbocycles. The zero-order valence-corrected chi connectivity index (χ0v) is 9.84. The molecule has 0 atom stereocenters. The van der Waals surface area contributed by atoms with Crippen LogP contribution >= 0.6 is 0 Å². The topological polar surface area (TPSA) is 70.6 Å². The van der Waals surface area contributed by atoms with Crippen LogP contribution in [-0.4, -0.2) is 23.8 Å². The molecule has 19 heavy (non-hydrogen) atoms. The van der Waals surface area contributed by atoms with E-state index in [1.54, 1.807) is 0 Å². The van der Waals surface area contributed by atoms with Gasteiger partial charge < -0.3 is 16.3 Å². The highest BCUT2D eigenvalue weighted by atomic mass is 19.4. The molecule has 0 aliphatic heterocycles. The van der Waals surface area contributed by atoms with E-state index in [0.29, 0.717) is 5.56 Å². The summed E-state index contributed by atoms with van der Waals surface area (Å²) in [5.74, 6) is -0.882. The van der Waals surface area contributed by atoms with Crippen molar-refractivity contribution < 1.29 is 22.8 Å². The second kappa shape index (κ2) is 6.37. The zero-order valence-electron chi connectivity index (χ0n) is 9.84. The zero-order chi connectivity index (χ0) is 14.5. The molecular formula is C11H13F4N3O. The van der Waals surface area contributed by atoms with E-state index in [-0.39, 0.29) is 24.5 Å². The lowest BCUT2D eigenvalue weighted by Gasteiger charge is -2.11. The third-order valence-electron chi connectivity index (χ3n) is 2.36. The van der Waals surface area contributed by atoms with E-state index in [1.807, 2.05) is 0 Å². The first-order chi connectivity index (χ1) is 8.83. The summed E-state index contributed by atoms with van der Waals surface area (Å²) in [6, 6.07) is 3.56.